The summed E-state index contributed by atoms with van der Waals surface area (Å²) in [6.07, 6.45) is 1.70. The Labute approximate surface area is 197 Å². The monoisotopic (exact) mass is 460 g/mol. The van der Waals surface area contributed by atoms with Gasteiger partial charge in [-0.05, 0) is 11.4 Å². The second-order valence-corrected chi connectivity index (χ2v) is 7.34. The number of nitrogens with two attached hydrogens (primary N) is 2. The van der Waals surface area contributed by atoms with Crippen LogP contribution in [0.15, 0.2) is 92.5 Å². The Morgan fingerprint density at radius 1 is 0.758 bits per heavy atom. The number of rotatable bonds is 5. The summed E-state index contributed by atoms with van der Waals surface area (Å²) < 4.78 is 11.1. The first-order chi connectivity index (χ1) is 16.3. The maximum absolute atomic E-state index is 5.77. The number of thiophene rings is 1. The van der Waals surface area contributed by atoms with Gasteiger partial charge in [-0.3, -0.25) is 0 Å². The average molecular weight is 461 g/mol. The lowest BCUT2D eigenvalue weighted by Crippen LogP contribution is -1.95. The average Bonchev–Trinajstić information content (AvgIpc) is 3.67. The molecular formula is C26H28N4O2S. The van der Waals surface area contributed by atoms with E-state index >= 15 is 0 Å². The molecule has 3 heterocycles. The third-order valence-electron chi connectivity index (χ3n) is 4.46. The fourth-order valence-corrected chi connectivity index (χ4v) is 3.62. The highest BCUT2D eigenvalue weighted by Crippen LogP contribution is 2.32. The molecule has 5 aromatic rings. The molecule has 7 heteroatoms. The summed E-state index contributed by atoms with van der Waals surface area (Å²) in [5, 5.41) is 4.01. The van der Waals surface area contributed by atoms with E-state index in [4.69, 9.17) is 20.3 Å². The minimum atomic E-state index is 0.298. The minimum absolute atomic E-state index is 0.298. The largest absolute Gasteiger partial charge is 0.439 e. The number of oxazole rings is 2. The molecule has 0 fully saturated rings. The van der Waals surface area contributed by atoms with Gasteiger partial charge in [0.05, 0.1) is 19.3 Å². The van der Waals surface area contributed by atoms with Crippen LogP contribution in [0.3, 0.4) is 0 Å². The molecule has 0 aliphatic heterocycles. The number of benzene rings is 2. The quantitative estimate of drug-likeness (QED) is 0.316. The summed E-state index contributed by atoms with van der Waals surface area (Å²) in [7, 11) is 0. The first-order valence-corrected chi connectivity index (χ1v) is 11.7. The fourth-order valence-electron chi connectivity index (χ4n) is 2.97. The van der Waals surface area contributed by atoms with Crippen molar-refractivity contribution in [1.82, 2.24) is 9.97 Å². The van der Waals surface area contributed by atoms with Gasteiger partial charge >= 0.3 is 0 Å². The van der Waals surface area contributed by atoms with Crippen LogP contribution in [0.1, 0.15) is 25.6 Å². The molecule has 0 amide bonds. The maximum Gasteiger partial charge on any atom is 0.209 e. The van der Waals surface area contributed by atoms with Crippen molar-refractivity contribution in [2.24, 2.45) is 11.5 Å². The van der Waals surface area contributed by atoms with Crippen molar-refractivity contribution in [3.8, 4) is 33.9 Å². The third kappa shape index (κ3) is 6.26. The SMILES string of the molecule is CC.NCc1nc(-c2ccccc2)c(-c2ccccc2)o1.NCc1ncc(-c2ccsc2)o1. The van der Waals surface area contributed by atoms with Crippen LogP contribution in [0.5, 0.6) is 0 Å². The van der Waals surface area contributed by atoms with E-state index < -0.39 is 0 Å². The minimum Gasteiger partial charge on any atom is -0.439 e. The zero-order chi connectivity index (χ0) is 23.5. The second-order valence-electron chi connectivity index (χ2n) is 6.56. The van der Waals surface area contributed by atoms with E-state index in [-0.39, 0.29) is 0 Å². The maximum atomic E-state index is 5.77. The Morgan fingerprint density at radius 2 is 1.39 bits per heavy atom. The molecule has 0 bridgehead atoms. The van der Waals surface area contributed by atoms with E-state index in [2.05, 4.69) is 9.97 Å². The summed E-state index contributed by atoms with van der Waals surface area (Å²) in [5.74, 6) is 2.69. The van der Waals surface area contributed by atoms with Crippen LogP contribution >= 0.6 is 11.3 Å². The number of hydrogen-bond acceptors (Lipinski definition) is 7. The molecule has 6 nitrogen and oxygen atoms in total. The van der Waals surface area contributed by atoms with Gasteiger partial charge in [0.25, 0.3) is 0 Å². The molecule has 170 valence electrons. The van der Waals surface area contributed by atoms with Crippen molar-refractivity contribution >= 4 is 11.3 Å². The number of hydrogen-bond donors (Lipinski definition) is 2. The van der Waals surface area contributed by atoms with E-state index in [9.17, 15) is 0 Å². The molecule has 5 rings (SSSR count). The molecule has 0 aliphatic carbocycles. The first-order valence-electron chi connectivity index (χ1n) is 10.8. The van der Waals surface area contributed by atoms with Crippen LogP contribution in [-0.4, -0.2) is 9.97 Å². The smallest absolute Gasteiger partial charge is 0.209 e. The van der Waals surface area contributed by atoms with Gasteiger partial charge in [0, 0.05) is 22.1 Å². The molecule has 2 aromatic carbocycles. The second kappa shape index (κ2) is 12.5. The molecule has 0 saturated heterocycles. The van der Waals surface area contributed by atoms with Gasteiger partial charge < -0.3 is 20.3 Å². The molecule has 0 saturated carbocycles. The predicted molar refractivity (Wildman–Crippen MR) is 134 cm³/mol. The summed E-state index contributed by atoms with van der Waals surface area (Å²) >= 11 is 1.63. The van der Waals surface area contributed by atoms with Gasteiger partial charge in [-0.1, -0.05) is 74.5 Å². The zero-order valence-corrected chi connectivity index (χ0v) is 19.6. The Balaban J connectivity index is 0.000000188. The molecule has 4 N–H and O–H groups in total. The van der Waals surface area contributed by atoms with Crippen molar-refractivity contribution in [3.05, 3.63) is 95.5 Å². The molecule has 0 aliphatic rings. The predicted octanol–water partition coefficient (Wildman–Crippen LogP) is 6.36. The molecule has 0 spiro atoms. The van der Waals surface area contributed by atoms with Crippen molar-refractivity contribution in [1.29, 1.82) is 0 Å². The van der Waals surface area contributed by atoms with Crippen LogP contribution < -0.4 is 11.5 Å². The number of nitrogens with zero attached hydrogens (tertiary/aromatic N) is 2. The molecule has 3 aromatic heterocycles. The lowest BCUT2D eigenvalue weighted by Gasteiger charge is -2.00. The summed E-state index contributed by atoms with van der Waals surface area (Å²) in [4.78, 5) is 8.49. The van der Waals surface area contributed by atoms with Crippen molar-refractivity contribution in [2.45, 2.75) is 26.9 Å². The lowest BCUT2D eigenvalue weighted by atomic mass is 10.1. The molecule has 33 heavy (non-hydrogen) atoms. The van der Waals surface area contributed by atoms with E-state index in [0.717, 1.165) is 33.9 Å². The van der Waals surface area contributed by atoms with Gasteiger partial charge in [-0.25, -0.2) is 9.97 Å². The highest BCUT2D eigenvalue weighted by Gasteiger charge is 2.15. The molecule has 0 unspecified atom stereocenters. The highest BCUT2D eigenvalue weighted by atomic mass is 32.1. The van der Waals surface area contributed by atoms with Crippen LogP contribution in [0.2, 0.25) is 0 Å². The van der Waals surface area contributed by atoms with Gasteiger partial charge in [-0.15, -0.1) is 0 Å². The van der Waals surface area contributed by atoms with Crippen molar-refractivity contribution in [3.63, 3.8) is 0 Å². The Hall–Kier alpha value is -3.52. The summed E-state index contributed by atoms with van der Waals surface area (Å²) in [5.41, 5.74) is 14.9. The van der Waals surface area contributed by atoms with Gasteiger partial charge in [0.1, 0.15) is 5.69 Å². The standard InChI is InChI=1S/C16H14N2O.C8H8N2OS.C2H6/c17-11-14-18-15(12-7-3-1-4-8-12)16(19-14)13-9-5-2-6-10-13;9-3-8-10-4-7(11-8)6-1-2-12-5-6;1-2/h1-10H,11,17H2;1-2,4-5H,3,9H2;1-2H3. The Bertz CT molecular complexity index is 1140. The first kappa shape index (κ1) is 24.1. The highest BCUT2D eigenvalue weighted by molar-refractivity contribution is 7.08. The third-order valence-corrected chi connectivity index (χ3v) is 5.15. The van der Waals surface area contributed by atoms with E-state index in [1.807, 2.05) is 91.3 Å². The topological polar surface area (TPSA) is 104 Å². The summed E-state index contributed by atoms with van der Waals surface area (Å²) in [6.45, 7) is 4.65. The van der Waals surface area contributed by atoms with E-state index in [1.54, 1.807) is 17.5 Å². The van der Waals surface area contributed by atoms with Crippen molar-refractivity contribution in [2.75, 3.05) is 0 Å². The van der Waals surface area contributed by atoms with Gasteiger partial charge in [0.2, 0.25) is 11.8 Å². The van der Waals surface area contributed by atoms with Crippen LogP contribution in [-0.2, 0) is 13.1 Å². The normalized spacial score (nSPS) is 10.1. The fraction of sp³-hybridized carbons (Fsp3) is 0.154. The Kier molecular flexibility index (Phi) is 9.14. The molecular weight excluding hydrogens is 432 g/mol. The zero-order valence-electron chi connectivity index (χ0n) is 18.8. The Morgan fingerprint density at radius 3 is 1.94 bits per heavy atom. The van der Waals surface area contributed by atoms with E-state index in [1.165, 1.54) is 0 Å². The van der Waals surface area contributed by atoms with Crippen LogP contribution in [0.25, 0.3) is 33.9 Å². The lowest BCUT2D eigenvalue weighted by molar-refractivity contribution is 0.509. The van der Waals surface area contributed by atoms with E-state index in [0.29, 0.717) is 24.9 Å². The van der Waals surface area contributed by atoms with Gasteiger partial charge in [0.15, 0.2) is 11.5 Å². The van der Waals surface area contributed by atoms with Crippen molar-refractivity contribution < 1.29 is 8.83 Å². The van der Waals surface area contributed by atoms with Crippen LogP contribution in [0.4, 0.5) is 0 Å². The summed E-state index contributed by atoms with van der Waals surface area (Å²) in [6, 6.07) is 21.9. The number of aromatic nitrogens is 2. The molecule has 0 atom stereocenters. The van der Waals surface area contributed by atoms with Crippen LogP contribution in [0, 0.1) is 0 Å². The molecule has 0 radical (unpaired) electrons. The van der Waals surface area contributed by atoms with Gasteiger partial charge in [-0.2, -0.15) is 11.3 Å².